The highest BCUT2D eigenvalue weighted by Crippen LogP contribution is 2.38. The van der Waals surface area contributed by atoms with Crippen LogP contribution in [0.25, 0.3) is 0 Å². The van der Waals surface area contributed by atoms with Crippen LogP contribution in [-0.2, 0) is 0 Å². The molecule has 0 amide bonds. The summed E-state index contributed by atoms with van der Waals surface area (Å²) in [5, 5.41) is 16.6. The maximum absolute atomic E-state index is 9.42. The number of rotatable bonds is 4. The van der Waals surface area contributed by atoms with E-state index in [-0.39, 0.29) is 18.0 Å². The topological polar surface area (TPSA) is 70.9 Å². The standard InChI is InChI=1S/C16H20N2O3/c1-2-5-11-12(18-19)10-13(14-6-3-8-20-14)17-16(11)15-7-4-9-21-15/h3-4,6-9,11,13,16-17,19H,2,5,10H2,1H3/b18-12+/t11-,13-,16-/m0/s1. The molecule has 0 spiro atoms. The van der Waals surface area contributed by atoms with E-state index in [2.05, 4.69) is 17.4 Å². The van der Waals surface area contributed by atoms with Crippen molar-refractivity contribution >= 4 is 5.71 Å². The average Bonchev–Trinajstić information content (AvgIpc) is 3.21. The lowest BCUT2D eigenvalue weighted by Crippen LogP contribution is -2.42. The summed E-state index contributed by atoms with van der Waals surface area (Å²) in [6, 6.07) is 7.63. The minimum absolute atomic E-state index is 0.00491. The lowest BCUT2D eigenvalue weighted by molar-refractivity contribution is 0.253. The van der Waals surface area contributed by atoms with Crippen molar-refractivity contribution in [2.75, 3.05) is 0 Å². The van der Waals surface area contributed by atoms with Gasteiger partial charge in [0.25, 0.3) is 0 Å². The first-order valence-electron chi connectivity index (χ1n) is 7.37. The third-order valence-electron chi connectivity index (χ3n) is 4.09. The second kappa shape index (κ2) is 6.18. The van der Waals surface area contributed by atoms with Gasteiger partial charge >= 0.3 is 0 Å². The number of nitrogens with one attached hydrogen (secondary N) is 1. The number of piperidine rings is 1. The largest absolute Gasteiger partial charge is 0.468 e. The summed E-state index contributed by atoms with van der Waals surface area (Å²) in [6.07, 6.45) is 5.95. The van der Waals surface area contributed by atoms with Crippen LogP contribution in [0.15, 0.2) is 50.8 Å². The van der Waals surface area contributed by atoms with Crippen LogP contribution in [0.4, 0.5) is 0 Å². The lowest BCUT2D eigenvalue weighted by Gasteiger charge is -2.36. The Kier molecular flexibility index (Phi) is 4.10. The molecule has 1 fully saturated rings. The van der Waals surface area contributed by atoms with Crippen LogP contribution in [0.3, 0.4) is 0 Å². The molecule has 1 aliphatic rings. The van der Waals surface area contributed by atoms with Crippen molar-refractivity contribution < 1.29 is 14.0 Å². The van der Waals surface area contributed by atoms with Crippen LogP contribution in [0.5, 0.6) is 0 Å². The zero-order valence-electron chi connectivity index (χ0n) is 12.0. The second-order valence-corrected chi connectivity index (χ2v) is 5.42. The van der Waals surface area contributed by atoms with E-state index in [1.165, 1.54) is 0 Å². The summed E-state index contributed by atoms with van der Waals surface area (Å²) >= 11 is 0. The van der Waals surface area contributed by atoms with Crippen LogP contribution in [-0.4, -0.2) is 10.9 Å². The van der Waals surface area contributed by atoms with E-state index >= 15 is 0 Å². The molecule has 0 unspecified atom stereocenters. The van der Waals surface area contributed by atoms with Gasteiger partial charge in [-0.15, -0.1) is 0 Å². The average molecular weight is 288 g/mol. The molecule has 3 rings (SSSR count). The van der Waals surface area contributed by atoms with Gasteiger partial charge in [0.2, 0.25) is 0 Å². The summed E-state index contributed by atoms with van der Waals surface area (Å²) < 4.78 is 11.1. The van der Waals surface area contributed by atoms with Gasteiger partial charge in [-0.05, 0) is 30.7 Å². The van der Waals surface area contributed by atoms with E-state index in [9.17, 15) is 5.21 Å². The monoisotopic (exact) mass is 288 g/mol. The Hall–Kier alpha value is -2.01. The highest BCUT2D eigenvalue weighted by molar-refractivity contribution is 5.88. The van der Waals surface area contributed by atoms with Gasteiger partial charge in [0.1, 0.15) is 11.5 Å². The molecule has 112 valence electrons. The van der Waals surface area contributed by atoms with E-state index < -0.39 is 0 Å². The summed E-state index contributed by atoms with van der Waals surface area (Å²) in [5.41, 5.74) is 0.804. The number of nitrogens with zero attached hydrogens (tertiary/aromatic N) is 1. The molecule has 3 atom stereocenters. The Morgan fingerprint density at radius 2 is 1.95 bits per heavy atom. The quantitative estimate of drug-likeness (QED) is 0.661. The molecule has 5 heteroatoms. The SMILES string of the molecule is CCC[C@H]1/C(=N/O)C[C@@H](c2ccco2)N[C@@H]1c1ccco1. The zero-order valence-corrected chi connectivity index (χ0v) is 12.0. The first-order valence-corrected chi connectivity index (χ1v) is 7.37. The first-order chi connectivity index (χ1) is 10.3. The van der Waals surface area contributed by atoms with Crippen LogP contribution >= 0.6 is 0 Å². The Morgan fingerprint density at radius 1 is 1.24 bits per heavy atom. The molecule has 2 aromatic heterocycles. The fourth-order valence-electron chi connectivity index (χ4n) is 3.12. The van der Waals surface area contributed by atoms with Gasteiger partial charge in [0, 0.05) is 12.3 Å². The minimum Gasteiger partial charge on any atom is -0.468 e. The van der Waals surface area contributed by atoms with Crippen LogP contribution in [0.2, 0.25) is 0 Å². The first kappa shape index (κ1) is 13.9. The van der Waals surface area contributed by atoms with Gasteiger partial charge in [-0.2, -0.15) is 0 Å². The van der Waals surface area contributed by atoms with Crippen molar-refractivity contribution in [1.29, 1.82) is 0 Å². The minimum atomic E-state index is -0.00546. The van der Waals surface area contributed by atoms with E-state index in [0.717, 1.165) is 30.1 Å². The van der Waals surface area contributed by atoms with E-state index in [1.807, 2.05) is 24.3 Å². The van der Waals surface area contributed by atoms with E-state index in [1.54, 1.807) is 12.5 Å². The Morgan fingerprint density at radius 3 is 2.52 bits per heavy atom. The van der Waals surface area contributed by atoms with Crippen molar-refractivity contribution in [3.8, 4) is 0 Å². The molecule has 0 radical (unpaired) electrons. The van der Waals surface area contributed by atoms with Gasteiger partial charge < -0.3 is 14.0 Å². The van der Waals surface area contributed by atoms with Crippen molar-refractivity contribution in [2.45, 2.75) is 38.3 Å². The molecule has 2 N–H and O–H groups in total. The highest BCUT2D eigenvalue weighted by atomic mass is 16.4. The lowest BCUT2D eigenvalue weighted by atomic mass is 9.81. The summed E-state index contributed by atoms with van der Waals surface area (Å²) in [5.74, 6) is 1.85. The summed E-state index contributed by atoms with van der Waals surface area (Å²) in [6.45, 7) is 2.13. The number of furan rings is 2. The molecule has 0 aromatic carbocycles. The van der Waals surface area contributed by atoms with Crippen LogP contribution < -0.4 is 5.32 Å². The maximum Gasteiger partial charge on any atom is 0.121 e. The van der Waals surface area contributed by atoms with E-state index in [4.69, 9.17) is 8.83 Å². The zero-order chi connectivity index (χ0) is 14.7. The van der Waals surface area contributed by atoms with Gasteiger partial charge in [-0.25, -0.2) is 0 Å². The van der Waals surface area contributed by atoms with Crippen molar-refractivity contribution in [3.63, 3.8) is 0 Å². The third kappa shape index (κ3) is 2.74. The molecule has 2 aromatic rings. The Bertz CT molecular complexity index is 575. The predicted molar refractivity (Wildman–Crippen MR) is 78.3 cm³/mol. The Balaban J connectivity index is 1.92. The molecule has 5 nitrogen and oxygen atoms in total. The molecule has 0 saturated carbocycles. The van der Waals surface area contributed by atoms with E-state index in [0.29, 0.717) is 6.42 Å². The summed E-state index contributed by atoms with van der Waals surface area (Å²) in [7, 11) is 0. The molecule has 0 bridgehead atoms. The molecule has 0 aliphatic carbocycles. The summed E-state index contributed by atoms with van der Waals surface area (Å²) in [4.78, 5) is 0. The van der Waals surface area contributed by atoms with Gasteiger partial charge in [0.05, 0.1) is 30.3 Å². The molecule has 1 aliphatic heterocycles. The molecule has 1 saturated heterocycles. The van der Waals surface area contributed by atoms with Crippen LogP contribution in [0, 0.1) is 5.92 Å². The second-order valence-electron chi connectivity index (χ2n) is 5.42. The fourth-order valence-corrected chi connectivity index (χ4v) is 3.12. The van der Waals surface area contributed by atoms with Crippen molar-refractivity contribution in [1.82, 2.24) is 5.32 Å². The van der Waals surface area contributed by atoms with Gasteiger partial charge in [-0.1, -0.05) is 18.5 Å². The van der Waals surface area contributed by atoms with Crippen molar-refractivity contribution in [3.05, 3.63) is 48.3 Å². The molecule has 21 heavy (non-hydrogen) atoms. The van der Waals surface area contributed by atoms with Crippen LogP contribution in [0.1, 0.15) is 49.8 Å². The number of hydrogen-bond acceptors (Lipinski definition) is 5. The third-order valence-corrected chi connectivity index (χ3v) is 4.09. The van der Waals surface area contributed by atoms with Gasteiger partial charge in [-0.3, -0.25) is 5.32 Å². The number of oxime groups is 1. The normalized spacial score (nSPS) is 28.0. The highest BCUT2D eigenvalue weighted by Gasteiger charge is 2.38. The maximum atomic E-state index is 9.42. The molecular formula is C16H20N2O3. The molecule has 3 heterocycles. The van der Waals surface area contributed by atoms with Crippen molar-refractivity contribution in [2.24, 2.45) is 11.1 Å². The fraction of sp³-hybridized carbons (Fsp3) is 0.438. The smallest absolute Gasteiger partial charge is 0.121 e. The Labute approximate surface area is 123 Å². The van der Waals surface area contributed by atoms with Gasteiger partial charge in [0.15, 0.2) is 0 Å². The number of hydrogen-bond donors (Lipinski definition) is 2. The predicted octanol–water partition coefficient (Wildman–Crippen LogP) is 3.89. The molecular weight excluding hydrogens is 268 g/mol.